The highest BCUT2D eigenvalue weighted by Crippen LogP contribution is 2.14. The lowest BCUT2D eigenvalue weighted by Gasteiger charge is -2.19. The van der Waals surface area contributed by atoms with E-state index < -0.39 is 17.6 Å². The highest BCUT2D eigenvalue weighted by atomic mass is 16.6. The number of hydrogen-bond donors (Lipinski definition) is 3. The van der Waals surface area contributed by atoms with Gasteiger partial charge in [-0.1, -0.05) is 12.1 Å². The predicted octanol–water partition coefficient (Wildman–Crippen LogP) is 2.02. The van der Waals surface area contributed by atoms with E-state index in [1.54, 1.807) is 51.1 Å². The largest absolute Gasteiger partial charge is 0.444 e. The summed E-state index contributed by atoms with van der Waals surface area (Å²) >= 11 is 0. The lowest BCUT2D eigenvalue weighted by atomic mass is 10.2. The van der Waals surface area contributed by atoms with Gasteiger partial charge < -0.3 is 20.7 Å². The van der Waals surface area contributed by atoms with Gasteiger partial charge >= 0.3 is 6.09 Å². The van der Waals surface area contributed by atoms with Crippen LogP contribution in [0.2, 0.25) is 0 Å². The van der Waals surface area contributed by atoms with Crippen LogP contribution in [0.5, 0.6) is 0 Å². The maximum Gasteiger partial charge on any atom is 0.407 e. The number of carbonyl (C=O) groups excluding carboxylic acids is 2. The van der Waals surface area contributed by atoms with E-state index in [-0.39, 0.29) is 12.1 Å². The Morgan fingerprint density at radius 3 is 2.50 bits per heavy atom. The highest BCUT2D eigenvalue weighted by molar-refractivity contribution is 6.07. The van der Waals surface area contributed by atoms with Crippen molar-refractivity contribution >= 4 is 17.7 Å². The van der Waals surface area contributed by atoms with E-state index in [0.717, 1.165) is 0 Å². The van der Waals surface area contributed by atoms with Gasteiger partial charge in [0.25, 0.3) is 5.91 Å². The summed E-state index contributed by atoms with van der Waals surface area (Å²) in [5.41, 5.74) is -0.112. The molecule has 0 radical (unpaired) electrons. The number of rotatable bonds is 6. The summed E-state index contributed by atoms with van der Waals surface area (Å²) in [7, 11) is 0. The van der Waals surface area contributed by atoms with Crippen LogP contribution in [0.25, 0.3) is 0 Å². The van der Waals surface area contributed by atoms with Crippen LogP contribution in [0.15, 0.2) is 36.0 Å². The third-order valence-electron chi connectivity index (χ3n) is 2.84. The van der Waals surface area contributed by atoms with Gasteiger partial charge in [-0.15, -0.1) is 0 Å². The molecule has 8 nitrogen and oxygen atoms in total. The summed E-state index contributed by atoms with van der Waals surface area (Å²) in [5, 5.41) is 25.9. The molecule has 0 fully saturated rings. The molecule has 0 spiro atoms. The first-order chi connectivity index (χ1) is 12.3. The van der Waals surface area contributed by atoms with Crippen molar-refractivity contribution in [2.45, 2.75) is 26.4 Å². The number of nitrogens with one attached hydrogen (secondary N) is 3. The van der Waals surface area contributed by atoms with E-state index >= 15 is 0 Å². The van der Waals surface area contributed by atoms with Crippen molar-refractivity contribution in [3.05, 3.63) is 41.6 Å². The first-order valence-corrected chi connectivity index (χ1v) is 7.88. The lowest BCUT2D eigenvalue weighted by molar-refractivity contribution is -0.112. The first-order valence-electron chi connectivity index (χ1n) is 7.88. The van der Waals surface area contributed by atoms with Crippen LogP contribution in [-0.2, 0) is 9.53 Å². The molecule has 0 aliphatic heterocycles. The zero-order valence-corrected chi connectivity index (χ0v) is 14.9. The molecule has 0 saturated carbocycles. The Hall–Kier alpha value is -3.52. The van der Waals surface area contributed by atoms with Crippen molar-refractivity contribution in [2.75, 3.05) is 18.4 Å². The molecule has 3 N–H and O–H groups in total. The Morgan fingerprint density at radius 2 is 1.88 bits per heavy atom. The molecule has 0 atom stereocenters. The lowest BCUT2D eigenvalue weighted by Crippen LogP contribution is -2.35. The monoisotopic (exact) mass is 355 g/mol. The first kappa shape index (κ1) is 20.5. The highest BCUT2D eigenvalue weighted by Gasteiger charge is 2.15. The minimum absolute atomic E-state index is 0.157. The van der Waals surface area contributed by atoms with Gasteiger partial charge in [-0.3, -0.25) is 4.79 Å². The summed E-state index contributed by atoms with van der Waals surface area (Å²) in [4.78, 5) is 23.6. The minimum Gasteiger partial charge on any atom is -0.444 e. The number of para-hydroxylation sites is 1. The normalized spacial score (nSPS) is 10.9. The van der Waals surface area contributed by atoms with Crippen molar-refractivity contribution in [2.24, 2.45) is 0 Å². The van der Waals surface area contributed by atoms with E-state index in [4.69, 9.17) is 15.3 Å². The van der Waals surface area contributed by atoms with Crippen molar-refractivity contribution in [1.82, 2.24) is 10.6 Å². The average molecular weight is 355 g/mol. The summed E-state index contributed by atoms with van der Waals surface area (Å²) in [6, 6.07) is 10.2. The van der Waals surface area contributed by atoms with E-state index in [1.807, 2.05) is 6.07 Å². The summed E-state index contributed by atoms with van der Waals surface area (Å²) in [6.45, 7) is 5.83. The topological polar surface area (TPSA) is 127 Å². The summed E-state index contributed by atoms with van der Waals surface area (Å²) < 4.78 is 5.08. The zero-order valence-electron chi connectivity index (χ0n) is 14.9. The van der Waals surface area contributed by atoms with Crippen LogP contribution in [0.3, 0.4) is 0 Å². The smallest absolute Gasteiger partial charge is 0.407 e. The Labute approximate surface area is 152 Å². The van der Waals surface area contributed by atoms with Crippen LogP contribution in [0.4, 0.5) is 10.5 Å². The molecule has 2 amide bonds. The van der Waals surface area contributed by atoms with Crippen LogP contribution < -0.4 is 16.0 Å². The van der Waals surface area contributed by atoms with Gasteiger partial charge in [0.05, 0.1) is 11.3 Å². The van der Waals surface area contributed by atoms with E-state index in [0.29, 0.717) is 17.8 Å². The van der Waals surface area contributed by atoms with Crippen molar-refractivity contribution < 1.29 is 14.3 Å². The molecule has 0 aliphatic carbocycles. The number of nitriles is 2. The van der Waals surface area contributed by atoms with Gasteiger partial charge in [-0.25, -0.2) is 4.79 Å². The predicted molar refractivity (Wildman–Crippen MR) is 95.7 cm³/mol. The second-order valence-electron chi connectivity index (χ2n) is 6.16. The van der Waals surface area contributed by atoms with Crippen molar-refractivity contribution in [1.29, 1.82) is 10.5 Å². The number of nitrogens with zero attached hydrogens (tertiary/aromatic N) is 2. The summed E-state index contributed by atoms with van der Waals surface area (Å²) in [5.74, 6) is -0.636. The maximum absolute atomic E-state index is 12.1. The molecule has 0 aliphatic rings. The molecule has 1 aromatic carbocycles. The third kappa shape index (κ3) is 7.37. The number of hydrogen-bond acceptors (Lipinski definition) is 6. The van der Waals surface area contributed by atoms with Gasteiger partial charge in [0, 0.05) is 19.3 Å². The van der Waals surface area contributed by atoms with Crippen LogP contribution in [-0.4, -0.2) is 30.7 Å². The van der Waals surface area contributed by atoms with Gasteiger partial charge in [0.15, 0.2) is 0 Å². The van der Waals surface area contributed by atoms with Crippen molar-refractivity contribution in [3.8, 4) is 12.1 Å². The number of carbonyl (C=O) groups is 2. The molecule has 1 rings (SSSR count). The van der Waals surface area contributed by atoms with Crippen molar-refractivity contribution in [3.63, 3.8) is 0 Å². The molecule has 26 heavy (non-hydrogen) atoms. The Kier molecular flexibility index (Phi) is 7.66. The SMILES string of the molecule is CC(C)(C)OC(=O)NCCN/C=C(/C#N)C(=O)Nc1ccccc1C#N. The maximum atomic E-state index is 12.1. The van der Waals surface area contributed by atoms with Gasteiger partial charge in [-0.05, 0) is 32.9 Å². The van der Waals surface area contributed by atoms with Crippen LogP contribution in [0.1, 0.15) is 26.3 Å². The second-order valence-corrected chi connectivity index (χ2v) is 6.16. The number of alkyl carbamates (subject to hydrolysis) is 1. The quantitative estimate of drug-likeness (QED) is 0.407. The Bertz CT molecular complexity index is 766. The fourth-order valence-electron chi connectivity index (χ4n) is 1.75. The molecule has 0 saturated heterocycles. The second kappa shape index (κ2) is 9.70. The average Bonchev–Trinajstić information content (AvgIpc) is 2.56. The van der Waals surface area contributed by atoms with E-state index in [2.05, 4.69) is 16.0 Å². The van der Waals surface area contributed by atoms with Gasteiger partial charge in [0.1, 0.15) is 23.3 Å². The summed E-state index contributed by atoms with van der Waals surface area (Å²) in [6.07, 6.45) is 0.704. The fraction of sp³-hybridized carbons (Fsp3) is 0.333. The van der Waals surface area contributed by atoms with Gasteiger partial charge in [0.2, 0.25) is 0 Å². The Morgan fingerprint density at radius 1 is 1.19 bits per heavy atom. The molecule has 136 valence electrons. The van der Waals surface area contributed by atoms with Crippen LogP contribution >= 0.6 is 0 Å². The molecule has 8 heteroatoms. The number of anilines is 1. The number of amides is 2. The molecule has 1 aromatic rings. The molecule has 0 aromatic heterocycles. The Balaban J connectivity index is 2.50. The number of ether oxygens (including phenoxy) is 1. The van der Waals surface area contributed by atoms with Gasteiger partial charge in [-0.2, -0.15) is 10.5 Å². The van der Waals surface area contributed by atoms with E-state index in [9.17, 15) is 9.59 Å². The molecule has 0 unspecified atom stereocenters. The fourth-order valence-corrected chi connectivity index (χ4v) is 1.75. The zero-order chi connectivity index (χ0) is 19.6. The standard InChI is InChI=1S/C18H21N5O3/c1-18(2,3)26-17(25)22-9-8-21-12-14(11-20)16(24)23-15-7-5-4-6-13(15)10-19/h4-7,12,21H,8-9H2,1-3H3,(H,22,25)(H,23,24)/b14-12-. The number of benzene rings is 1. The minimum atomic E-state index is -0.636. The molecule has 0 heterocycles. The molecule has 0 bridgehead atoms. The van der Waals surface area contributed by atoms with E-state index in [1.165, 1.54) is 6.20 Å². The molecular formula is C18H21N5O3. The third-order valence-corrected chi connectivity index (χ3v) is 2.84. The van der Waals surface area contributed by atoms with Crippen LogP contribution in [0, 0.1) is 22.7 Å². The molecular weight excluding hydrogens is 334 g/mol.